The van der Waals surface area contributed by atoms with E-state index >= 15 is 0 Å². The van der Waals surface area contributed by atoms with Gasteiger partial charge in [-0.15, -0.1) is 0 Å². The topological polar surface area (TPSA) is 48.6 Å². The Hall–Kier alpha value is -1.85. The van der Waals surface area contributed by atoms with E-state index in [1.54, 1.807) is 0 Å². The fraction of sp³-hybridized carbons (Fsp3) is 0.571. The fourth-order valence-corrected chi connectivity index (χ4v) is 4.30. The second-order valence-corrected chi connectivity index (χ2v) is 7.87. The molecule has 5 nitrogen and oxygen atoms in total. The van der Waals surface area contributed by atoms with E-state index in [0.29, 0.717) is 0 Å². The number of aromatic nitrogens is 1. The van der Waals surface area contributed by atoms with Crippen LogP contribution in [0.1, 0.15) is 31.0 Å². The zero-order valence-corrected chi connectivity index (χ0v) is 15.9. The third-order valence-corrected chi connectivity index (χ3v) is 5.80. The minimum atomic E-state index is 0.185. The number of ether oxygens (including phenoxy) is 1. The molecule has 2 aliphatic rings. The molecule has 1 atom stereocenters. The van der Waals surface area contributed by atoms with Crippen molar-refractivity contribution in [2.24, 2.45) is 5.92 Å². The highest BCUT2D eigenvalue weighted by atomic mass is 16.5. The molecule has 0 spiro atoms. The Morgan fingerprint density at radius 3 is 2.81 bits per heavy atom. The SMILES string of the molecule is Cc1[nH]c2ccc(N3CCOCC3)cc2c(=O)c1CN1CCC[C@H](C)C1. The van der Waals surface area contributed by atoms with Crippen LogP contribution in [0.4, 0.5) is 5.69 Å². The lowest BCUT2D eigenvalue weighted by molar-refractivity contribution is 0.122. The molecule has 26 heavy (non-hydrogen) atoms. The van der Waals surface area contributed by atoms with E-state index in [9.17, 15) is 4.79 Å². The van der Waals surface area contributed by atoms with Gasteiger partial charge in [-0.3, -0.25) is 9.69 Å². The van der Waals surface area contributed by atoms with Crippen LogP contribution in [-0.2, 0) is 11.3 Å². The second kappa shape index (κ2) is 7.41. The number of aromatic amines is 1. The molecule has 1 N–H and O–H groups in total. The molecule has 2 aliphatic heterocycles. The molecule has 0 aliphatic carbocycles. The first-order chi connectivity index (χ1) is 12.6. The number of likely N-dealkylation sites (tertiary alicyclic amines) is 1. The van der Waals surface area contributed by atoms with Crippen molar-refractivity contribution >= 4 is 16.6 Å². The Bertz CT molecular complexity index is 839. The molecule has 0 radical (unpaired) electrons. The number of hydrogen-bond acceptors (Lipinski definition) is 4. The van der Waals surface area contributed by atoms with Gasteiger partial charge in [0, 0.05) is 54.0 Å². The molecule has 0 bridgehead atoms. The number of piperidine rings is 1. The second-order valence-electron chi connectivity index (χ2n) is 7.87. The van der Waals surface area contributed by atoms with Crippen LogP contribution in [0, 0.1) is 12.8 Å². The summed E-state index contributed by atoms with van der Waals surface area (Å²) >= 11 is 0. The number of hydrogen-bond donors (Lipinski definition) is 1. The maximum absolute atomic E-state index is 13.2. The minimum absolute atomic E-state index is 0.185. The van der Waals surface area contributed by atoms with Crippen LogP contribution in [0.3, 0.4) is 0 Å². The fourth-order valence-electron chi connectivity index (χ4n) is 4.30. The average Bonchev–Trinajstić information content (AvgIpc) is 2.66. The van der Waals surface area contributed by atoms with Crippen LogP contribution < -0.4 is 10.3 Å². The van der Waals surface area contributed by atoms with Crippen molar-refractivity contribution in [2.45, 2.75) is 33.2 Å². The normalized spacial score (nSPS) is 22.1. The minimum Gasteiger partial charge on any atom is -0.378 e. The van der Waals surface area contributed by atoms with Crippen molar-refractivity contribution in [2.75, 3.05) is 44.3 Å². The zero-order valence-electron chi connectivity index (χ0n) is 15.9. The molecule has 5 heteroatoms. The monoisotopic (exact) mass is 355 g/mol. The zero-order chi connectivity index (χ0) is 18.1. The molecular formula is C21H29N3O2. The summed E-state index contributed by atoms with van der Waals surface area (Å²) < 4.78 is 5.45. The van der Waals surface area contributed by atoms with Crippen molar-refractivity contribution in [3.05, 3.63) is 39.7 Å². The number of benzene rings is 1. The summed E-state index contributed by atoms with van der Waals surface area (Å²) in [6, 6.07) is 6.21. The lowest BCUT2D eigenvalue weighted by Gasteiger charge is -2.31. The van der Waals surface area contributed by atoms with Gasteiger partial charge in [-0.1, -0.05) is 6.92 Å². The van der Waals surface area contributed by atoms with E-state index < -0.39 is 0 Å². The van der Waals surface area contributed by atoms with E-state index in [0.717, 1.165) is 79.7 Å². The predicted octanol–water partition coefficient (Wildman–Crippen LogP) is 2.91. The van der Waals surface area contributed by atoms with Crippen molar-refractivity contribution in [1.29, 1.82) is 0 Å². The number of rotatable bonds is 3. The van der Waals surface area contributed by atoms with Crippen LogP contribution in [0.2, 0.25) is 0 Å². The van der Waals surface area contributed by atoms with Gasteiger partial charge >= 0.3 is 0 Å². The van der Waals surface area contributed by atoms with E-state index in [2.05, 4.69) is 33.8 Å². The lowest BCUT2D eigenvalue weighted by atomic mass is 9.99. The number of fused-ring (bicyclic) bond motifs is 1. The molecule has 0 saturated carbocycles. The summed E-state index contributed by atoms with van der Waals surface area (Å²) in [6.07, 6.45) is 2.53. The molecular weight excluding hydrogens is 326 g/mol. The molecule has 2 fully saturated rings. The van der Waals surface area contributed by atoms with Gasteiger partial charge in [-0.25, -0.2) is 0 Å². The van der Waals surface area contributed by atoms with Crippen LogP contribution in [0.5, 0.6) is 0 Å². The maximum Gasteiger partial charge on any atom is 0.194 e. The van der Waals surface area contributed by atoms with Crippen molar-refractivity contribution in [3.63, 3.8) is 0 Å². The number of pyridine rings is 1. The highest BCUT2D eigenvalue weighted by molar-refractivity contribution is 5.83. The molecule has 4 rings (SSSR count). The molecule has 1 aromatic heterocycles. The standard InChI is InChI=1S/C21H29N3O2/c1-15-4-3-7-23(13-15)14-19-16(2)22-20-6-5-17(12-18(20)21(19)25)24-8-10-26-11-9-24/h5-6,12,15H,3-4,7-11,13-14H2,1-2H3,(H,22,25)/t15-/m0/s1. The summed E-state index contributed by atoms with van der Waals surface area (Å²) in [5.41, 5.74) is 4.16. The van der Waals surface area contributed by atoms with E-state index in [-0.39, 0.29) is 5.43 Å². The van der Waals surface area contributed by atoms with Gasteiger partial charge < -0.3 is 14.6 Å². The third kappa shape index (κ3) is 3.51. The van der Waals surface area contributed by atoms with Crippen LogP contribution in [0.15, 0.2) is 23.0 Å². The summed E-state index contributed by atoms with van der Waals surface area (Å²) in [5.74, 6) is 0.719. The van der Waals surface area contributed by atoms with Gasteiger partial charge in [0.1, 0.15) is 0 Å². The van der Waals surface area contributed by atoms with Gasteiger partial charge in [-0.2, -0.15) is 0 Å². The van der Waals surface area contributed by atoms with E-state index in [1.165, 1.54) is 12.8 Å². The Morgan fingerprint density at radius 1 is 1.23 bits per heavy atom. The predicted molar refractivity (Wildman–Crippen MR) is 106 cm³/mol. The lowest BCUT2D eigenvalue weighted by Crippen LogP contribution is -2.36. The van der Waals surface area contributed by atoms with Crippen molar-refractivity contribution < 1.29 is 4.74 Å². The Kier molecular flexibility index (Phi) is 5.00. The highest BCUT2D eigenvalue weighted by Crippen LogP contribution is 2.23. The van der Waals surface area contributed by atoms with Crippen molar-refractivity contribution in [1.82, 2.24) is 9.88 Å². The van der Waals surface area contributed by atoms with Gasteiger partial charge in [0.2, 0.25) is 0 Å². The van der Waals surface area contributed by atoms with Crippen LogP contribution >= 0.6 is 0 Å². The number of aryl methyl sites for hydroxylation is 1. The van der Waals surface area contributed by atoms with Gasteiger partial charge in [0.25, 0.3) is 0 Å². The summed E-state index contributed by atoms with van der Waals surface area (Å²) in [6.45, 7) is 10.5. The van der Waals surface area contributed by atoms with Crippen LogP contribution in [-0.4, -0.2) is 49.3 Å². The van der Waals surface area contributed by atoms with Crippen LogP contribution in [0.25, 0.3) is 10.9 Å². The number of H-pyrrole nitrogens is 1. The van der Waals surface area contributed by atoms with E-state index in [1.807, 2.05) is 13.0 Å². The molecule has 3 heterocycles. The summed E-state index contributed by atoms with van der Waals surface area (Å²) in [5, 5.41) is 0.805. The van der Waals surface area contributed by atoms with E-state index in [4.69, 9.17) is 4.74 Å². The number of nitrogens with one attached hydrogen (secondary N) is 1. The van der Waals surface area contributed by atoms with Gasteiger partial charge in [0.15, 0.2) is 5.43 Å². The first kappa shape index (κ1) is 17.6. The number of morpholine rings is 1. The first-order valence-corrected chi connectivity index (χ1v) is 9.82. The number of anilines is 1. The molecule has 2 saturated heterocycles. The molecule has 1 aromatic carbocycles. The largest absolute Gasteiger partial charge is 0.378 e. The first-order valence-electron chi connectivity index (χ1n) is 9.82. The molecule has 0 amide bonds. The highest BCUT2D eigenvalue weighted by Gasteiger charge is 2.20. The average molecular weight is 355 g/mol. The maximum atomic E-state index is 13.2. The number of nitrogens with zero attached hydrogens (tertiary/aromatic N) is 2. The molecule has 140 valence electrons. The summed E-state index contributed by atoms with van der Waals surface area (Å²) in [4.78, 5) is 21.4. The van der Waals surface area contributed by atoms with Gasteiger partial charge in [-0.05, 0) is 50.4 Å². The molecule has 2 aromatic rings. The third-order valence-electron chi connectivity index (χ3n) is 5.80. The quantitative estimate of drug-likeness (QED) is 0.920. The van der Waals surface area contributed by atoms with Gasteiger partial charge in [0.05, 0.1) is 13.2 Å². The Labute approximate surface area is 154 Å². The van der Waals surface area contributed by atoms with Crippen molar-refractivity contribution in [3.8, 4) is 0 Å². The summed E-state index contributed by atoms with van der Waals surface area (Å²) in [7, 11) is 0. The Morgan fingerprint density at radius 2 is 2.04 bits per heavy atom. The smallest absolute Gasteiger partial charge is 0.194 e. The molecule has 0 unspecified atom stereocenters. The Balaban J connectivity index is 1.67.